The Bertz CT molecular complexity index is 922. The summed E-state index contributed by atoms with van der Waals surface area (Å²) in [4.78, 5) is 11.1. The molecule has 3 rings (SSSR count). The van der Waals surface area contributed by atoms with Gasteiger partial charge in [-0.15, -0.1) is 0 Å². The number of benzene rings is 2. The molecule has 1 atom stereocenters. The summed E-state index contributed by atoms with van der Waals surface area (Å²) < 4.78 is 13.4. The van der Waals surface area contributed by atoms with E-state index >= 15 is 0 Å². The minimum Gasteiger partial charge on any atom is -0.547 e. The Morgan fingerprint density at radius 1 is 1.03 bits per heavy atom. The molecule has 0 saturated carbocycles. The quantitative estimate of drug-likeness (QED) is 0.445. The second-order valence-electron chi connectivity index (χ2n) is 6.84. The normalized spacial score (nSPS) is 11.5. The minimum atomic E-state index is -1.19. The Labute approximate surface area is 199 Å². The number of carbonyl (C=O) groups excluding carboxylic acids is 1. The molecule has 0 aliphatic carbocycles. The first-order valence-corrected chi connectivity index (χ1v) is 9.84. The Kier molecular flexibility index (Phi) is 9.66. The second-order valence-corrected chi connectivity index (χ2v) is 6.84. The van der Waals surface area contributed by atoms with Crippen LogP contribution in [0.5, 0.6) is 5.75 Å². The number of carbonyl (C=O) groups is 1. The van der Waals surface area contributed by atoms with E-state index in [1.807, 2.05) is 42.5 Å². The van der Waals surface area contributed by atoms with E-state index in [9.17, 15) is 9.90 Å². The van der Waals surface area contributed by atoms with Gasteiger partial charge in [-0.2, -0.15) is 0 Å². The Balaban J connectivity index is 0.00000320. The fraction of sp³-hybridized carbons (Fsp3) is 0.292. The summed E-state index contributed by atoms with van der Waals surface area (Å²) >= 11 is 0. The Morgan fingerprint density at radius 3 is 2.37 bits per heavy atom. The summed E-state index contributed by atoms with van der Waals surface area (Å²) in [6.07, 6.45) is -0.653. The van der Waals surface area contributed by atoms with Gasteiger partial charge in [0, 0.05) is 24.4 Å². The molecule has 0 bridgehead atoms. The molecule has 1 heterocycles. The number of nitrogens with zero attached hydrogens (tertiary/aromatic N) is 1. The van der Waals surface area contributed by atoms with Gasteiger partial charge in [-0.05, 0) is 49.2 Å². The third-order valence-corrected chi connectivity index (χ3v) is 4.83. The molecule has 1 aromatic heterocycles. The zero-order valence-electron chi connectivity index (χ0n) is 17.8. The molecular weight excluding hydrogens is 389 g/mol. The van der Waals surface area contributed by atoms with Crippen molar-refractivity contribution >= 4 is 5.97 Å². The molecule has 2 aromatic carbocycles. The smallest absolute Gasteiger partial charge is 0.547 e. The van der Waals surface area contributed by atoms with E-state index in [-0.39, 0.29) is 36.0 Å². The van der Waals surface area contributed by atoms with Crippen molar-refractivity contribution < 1.29 is 48.9 Å². The fourth-order valence-corrected chi connectivity index (χ4v) is 3.33. The summed E-state index contributed by atoms with van der Waals surface area (Å²) in [7, 11) is 0. The molecule has 0 saturated heterocycles. The van der Waals surface area contributed by atoms with Crippen LogP contribution in [-0.4, -0.2) is 29.9 Å². The maximum Gasteiger partial charge on any atom is 1.00 e. The van der Waals surface area contributed by atoms with Crippen molar-refractivity contribution in [1.29, 1.82) is 0 Å². The van der Waals surface area contributed by atoms with Crippen molar-refractivity contribution in [1.82, 2.24) is 4.57 Å². The van der Waals surface area contributed by atoms with Gasteiger partial charge in [-0.25, -0.2) is 0 Å². The van der Waals surface area contributed by atoms with E-state index in [1.165, 1.54) is 17.0 Å². The maximum absolute atomic E-state index is 11.1. The van der Waals surface area contributed by atoms with E-state index in [4.69, 9.17) is 9.47 Å². The largest absolute Gasteiger partial charge is 1.00 e. The van der Waals surface area contributed by atoms with Gasteiger partial charge >= 0.3 is 29.6 Å². The van der Waals surface area contributed by atoms with E-state index in [2.05, 4.69) is 35.8 Å². The number of hydrogen-bond donors (Lipinski definition) is 0. The molecule has 0 radical (unpaired) electrons. The molecule has 3 aromatic rings. The second kappa shape index (κ2) is 12.0. The van der Waals surface area contributed by atoms with Crippen LogP contribution in [0.3, 0.4) is 0 Å². The van der Waals surface area contributed by atoms with Gasteiger partial charge in [0.1, 0.15) is 18.5 Å². The molecule has 0 aliphatic heterocycles. The van der Waals surface area contributed by atoms with Crippen LogP contribution >= 0.6 is 0 Å². The number of rotatable bonds is 10. The van der Waals surface area contributed by atoms with Gasteiger partial charge in [0.05, 0.1) is 12.5 Å². The van der Waals surface area contributed by atoms with Crippen molar-refractivity contribution in [2.45, 2.75) is 32.9 Å². The van der Waals surface area contributed by atoms with Gasteiger partial charge in [-0.1, -0.05) is 42.5 Å². The molecule has 0 N–H and O–H groups in total. The molecule has 6 heteroatoms. The van der Waals surface area contributed by atoms with Crippen LogP contribution in [-0.2, 0) is 22.5 Å². The van der Waals surface area contributed by atoms with Gasteiger partial charge in [0.2, 0.25) is 0 Å². The third-order valence-electron chi connectivity index (χ3n) is 4.83. The molecule has 0 fully saturated rings. The molecule has 0 aliphatic rings. The molecule has 0 spiro atoms. The molecular formula is C24H26NNaO4. The number of aromatic nitrogens is 1. The van der Waals surface area contributed by atoms with E-state index in [0.717, 1.165) is 17.9 Å². The molecule has 152 valence electrons. The van der Waals surface area contributed by atoms with Gasteiger partial charge in [0.25, 0.3) is 0 Å². The SMILES string of the molecule is CCO[C@@H](Cc1ccc(OCCn2c(C)ccc2-c2ccccc2)cc1)C(=O)[O-].[Na+]. The predicted molar refractivity (Wildman–Crippen MR) is 111 cm³/mol. The van der Waals surface area contributed by atoms with Crippen LogP contribution in [0.1, 0.15) is 18.2 Å². The van der Waals surface area contributed by atoms with Crippen LogP contribution in [0, 0.1) is 6.92 Å². The van der Waals surface area contributed by atoms with Crippen LogP contribution < -0.4 is 39.4 Å². The number of aliphatic carboxylic acids is 1. The number of carboxylic acid groups (broad SMARTS) is 1. The van der Waals surface area contributed by atoms with Gasteiger partial charge < -0.3 is 23.9 Å². The van der Waals surface area contributed by atoms with Crippen LogP contribution in [0.25, 0.3) is 11.3 Å². The predicted octanol–water partition coefficient (Wildman–Crippen LogP) is 0.244. The van der Waals surface area contributed by atoms with Crippen LogP contribution in [0.4, 0.5) is 0 Å². The van der Waals surface area contributed by atoms with E-state index < -0.39 is 12.1 Å². The first-order chi connectivity index (χ1) is 14.1. The number of carboxylic acids is 1. The number of aryl methyl sites for hydroxylation is 1. The van der Waals surface area contributed by atoms with Gasteiger partial charge in [0.15, 0.2) is 0 Å². The molecule has 5 nitrogen and oxygen atoms in total. The summed E-state index contributed by atoms with van der Waals surface area (Å²) in [6.45, 7) is 5.47. The molecule has 0 amide bonds. The van der Waals surface area contributed by atoms with Crippen molar-refractivity contribution in [3.8, 4) is 17.0 Å². The van der Waals surface area contributed by atoms with Crippen molar-refractivity contribution in [2.24, 2.45) is 0 Å². The summed E-state index contributed by atoms with van der Waals surface area (Å²) in [6, 6.07) is 22.0. The fourth-order valence-electron chi connectivity index (χ4n) is 3.33. The summed E-state index contributed by atoms with van der Waals surface area (Å²) in [5.41, 5.74) is 4.41. The Hall–Kier alpha value is -2.05. The minimum absolute atomic E-state index is 0. The maximum atomic E-state index is 11.1. The zero-order chi connectivity index (χ0) is 20.6. The third kappa shape index (κ3) is 6.47. The first kappa shape index (κ1) is 24.2. The molecule has 30 heavy (non-hydrogen) atoms. The topological polar surface area (TPSA) is 63.5 Å². The monoisotopic (exact) mass is 415 g/mol. The average molecular weight is 415 g/mol. The van der Waals surface area contributed by atoms with Crippen molar-refractivity contribution in [3.63, 3.8) is 0 Å². The van der Waals surface area contributed by atoms with E-state index in [0.29, 0.717) is 13.2 Å². The zero-order valence-corrected chi connectivity index (χ0v) is 19.8. The Morgan fingerprint density at radius 2 is 1.73 bits per heavy atom. The number of ether oxygens (including phenoxy) is 2. The van der Waals surface area contributed by atoms with Crippen LogP contribution in [0.2, 0.25) is 0 Å². The van der Waals surface area contributed by atoms with Gasteiger partial charge in [-0.3, -0.25) is 0 Å². The summed E-state index contributed by atoms with van der Waals surface area (Å²) in [5, 5.41) is 11.1. The molecule has 0 unspecified atom stereocenters. The summed E-state index contributed by atoms with van der Waals surface area (Å²) in [5.74, 6) is -0.440. The first-order valence-electron chi connectivity index (χ1n) is 9.84. The number of hydrogen-bond acceptors (Lipinski definition) is 4. The standard InChI is InChI=1S/C24H27NO4.Na/c1-3-28-23(24(26)27)17-19-10-12-21(13-11-19)29-16-15-25-18(2)9-14-22(25)20-7-5-4-6-8-20;/h4-14,23H,3,15-17H2,1-2H3,(H,26,27);/q;+1/p-1/t23-;/m0./s1. The van der Waals surface area contributed by atoms with Crippen molar-refractivity contribution in [2.75, 3.05) is 13.2 Å². The average Bonchev–Trinajstić information content (AvgIpc) is 3.10. The van der Waals surface area contributed by atoms with Crippen molar-refractivity contribution in [3.05, 3.63) is 78.0 Å². The van der Waals surface area contributed by atoms with E-state index in [1.54, 1.807) is 6.92 Å². The van der Waals surface area contributed by atoms with Crippen LogP contribution in [0.15, 0.2) is 66.7 Å².